The van der Waals surface area contributed by atoms with Crippen molar-refractivity contribution in [1.82, 2.24) is 0 Å². The molecule has 0 spiro atoms. The second-order valence-electron chi connectivity index (χ2n) is 3.77. The highest BCUT2D eigenvalue weighted by Crippen LogP contribution is 2.33. The van der Waals surface area contributed by atoms with Crippen LogP contribution in [-0.4, -0.2) is 23.3 Å². The third-order valence-electron chi connectivity index (χ3n) is 2.46. The summed E-state index contributed by atoms with van der Waals surface area (Å²) < 4.78 is 4.62. The van der Waals surface area contributed by atoms with Gasteiger partial charge >= 0.3 is 5.97 Å². The molecule has 0 saturated heterocycles. The summed E-state index contributed by atoms with van der Waals surface area (Å²) >= 11 is 1.42. The van der Waals surface area contributed by atoms with Gasteiger partial charge in [0, 0.05) is 9.79 Å². The minimum atomic E-state index is -0.376. The Morgan fingerprint density at radius 2 is 1.63 bits per heavy atom. The summed E-state index contributed by atoms with van der Waals surface area (Å²) in [5.41, 5.74) is 0.486. The van der Waals surface area contributed by atoms with Crippen molar-refractivity contribution in [2.75, 3.05) is 7.11 Å². The predicted octanol–water partition coefficient (Wildman–Crippen LogP) is 3.04. The molecule has 0 aliphatic heterocycles. The summed E-state index contributed by atoms with van der Waals surface area (Å²) in [6, 6.07) is 11.5. The lowest BCUT2D eigenvalue weighted by Crippen LogP contribution is -2.00. The minimum absolute atomic E-state index is 0.148. The molecule has 4 nitrogen and oxygen atoms in total. The summed E-state index contributed by atoms with van der Waals surface area (Å²) in [7, 11) is 1.34. The van der Waals surface area contributed by atoms with Crippen LogP contribution in [-0.2, 0) is 4.74 Å². The third-order valence-corrected chi connectivity index (χ3v) is 3.46. The average molecular weight is 276 g/mol. The van der Waals surface area contributed by atoms with Crippen molar-refractivity contribution in [3.63, 3.8) is 0 Å². The van der Waals surface area contributed by atoms with E-state index in [1.165, 1.54) is 31.0 Å². The first kappa shape index (κ1) is 13.3. The maximum Gasteiger partial charge on any atom is 0.337 e. The summed E-state index contributed by atoms with van der Waals surface area (Å²) in [5.74, 6) is -0.680. The van der Waals surface area contributed by atoms with E-state index in [2.05, 4.69) is 4.74 Å². The third kappa shape index (κ3) is 3.20. The highest BCUT2D eigenvalue weighted by atomic mass is 32.2. The molecule has 19 heavy (non-hydrogen) atoms. The Morgan fingerprint density at radius 3 is 2.21 bits per heavy atom. The number of carbonyl (C=O) groups excluding carboxylic acids is 1. The zero-order valence-corrected chi connectivity index (χ0v) is 11.0. The van der Waals surface area contributed by atoms with Crippen molar-refractivity contribution in [2.45, 2.75) is 9.79 Å². The number of benzene rings is 2. The van der Waals surface area contributed by atoms with Crippen molar-refractivity contribution < 1.29 is 19.7 Å². The average Bonchev–Trinajstić information content (AvgIpc) is 2.43. The van der Waals surface area contributed by atoms with E-state index < -0.39 is 0 Å². The smallest absolute Gasteiger partial charge is 0.337 e. The molecule has 2 aromatic carbocycles. The van der Waals surface area contributed by atoms with E-state index in [9.17, 15) is 15.0 Å². The fourth-order valence-electron chi connectivity index (χ4n) is 1.48. The van der Waals surface area contributed by atoms with Crippen molar-refractivity contribution in [3.8, 4) is 11.5 Å². The van der Waals surface area contributed by atoms with Gasteiger partial charge in [0.2, 0.25) is 0 Å². The molecule has 0 saturated carbocycles. The van der Waals surface area contributed by atoms with Gasteiger partial charge in [-0.25, -0.2) is 4.79 Å². The summed E-state index contributed by atoms with van der Waals surface area (Å²) in [4.78, 5) is 13.0. The van der Waals surface area contributed by atoms with Gasteiger partial charge < -0.3 is 14.9 Å². The molecular formula is C14H12O4S. The zero-order chi connectivity index (χ0) is 13.8. The maximum atomic E-state index is 11.3. The topological polar surface area (TPSA) is 66.8 Å². The van der Waals surface area contributed by atoms with Gasteiger partial charge in [0.05, 0.1) is 12.7 Å². The van der Waals surface area contributed by atoms with Crippen LogP contribution in [0.25, 0.3) is 0 Å². The SMILES string of the molecule is COC(=O)c1ccc(Sc2ccc(O)c(O)c2)cc1. The molecule has 0 aliphatic rings. The summed E-state index contributed by atoms with van der Waals surface area (Å²) in [6.07, 6.45) is 0. The second kappa shape index (κ2) is 5.67. The van der Waals surface area contributed by atoms with Crippen LogP contribution in [0, 0.1) is 0 Å². The van der Waals surface area contributed by atoms with Crippen LogP contribution in [0.3, 0.4) is 0 Å². The first-order valence-electron chi connectivity index (χ1n) is 5.48. The molecular weight excluding hydrogens is 264 g/mol. The number of phenolic OH excluding ortho intramolecular Hbond substituents is 2. The van der Waals surface area contributed by atoms with Crippen LogP contribution >= 0.6 is 11.8 Å². The van der Waals surface area contributed by atoms with E-state index in [1.807, 2.05) is 0 Å². The molecule has 98 valence electrons. The van der Waals surface area contributed by atoms with E-state index >= 15 is 0 Å². The molecule has 0 heterocycles. The maximum absolute atomic E-state index is 11.3. The fraction of sp³-hybridized carbons (Fsp3) is 0.0714. The van der Waals surface area contributed by atoms with Crippen molar-refractivity contribution >= 4 is 17.7 Å². The monoisotopic (exact) mass is 276 g/mol. The van der Waals surface area contributed by atoms with Gasteiger partial charge in [-0.3, -0.25) is 0 Å². The van der Waals surface area contributed by atoms with Crippen LogP contribution in [0.4, 0.5) is 0 Å². The van der Waals surface area contributed by atoms with Gasteiger partial charge in [-0.15, -0.1) is 0 Å². The molecule has 0 radical (unpaired) electrons. The highest BCUT2D eigenvalue weighted by molar-refractivity contribution is 7.99. The zero-order valence-electron chi connectivity index (χ0n) is 10.2. The van der Waals surface area contributed by atoms with Crippen LogP contribution < -0.4 is 0 Å². The predicted molar refractivity (Wildman–Crippen MR) is 71.7 cm³/mol. The Labute approximate surface area is 114 Å². The van der Waals surface area contributed by atoms with Gasteiger partial charge in [0.1, 0.15) is 0 Å². The number of rotatable bonds is 3. The number of methoxy groups -OCH3 is 1. The lowest BCUT2D eigenvalue weighted by molar-refractivity contribution is 0.0600. The van der Waals surface area contributed by atoms with Gasteiger partial charge in [0.25, 0.3) is 0 Å². The molecule has 0 aromatic heterocycles. The number of ether oxygens (including phenoxy) is 1. The second-order valence-corrected chi connectivity index (χ2v) is 4.92. The lowest BCUT2D eigenvalue weighted by Gasteiger charge is -2.04. The van der Waals surface area contributed by atoms with E-state index in [-0.39, 0.29) is 17.5 Å². The van der Waals surface area contributed by atoms with Gasteiger partial charge in [-0.2, -0.15) is 0 Å². The van der Waals surface area contributed by atoms with Crippen LogP contribution in [0.5, 0.6) is 11.5 Å². The number of hydrogen-bond donors (Lipinski definition) is 2. The standard InChI is InChI=1S/C14H12O4S/c1-18-14(17)9-2-4-10(5-3-9)19-11-6-7-12(15)13(16)8-11/h2-8,15-16H,1H3. The molecule has 2 N–H and O–H groups in total. The first-order chi connectivity index (χ1) is 9.10. The Bertz CT molecular complexity index is 593. The van der Waals surface area contributed by atoms with Gasteiger partial charge in [-0.05, 0) is 42.5 Å². The van der Waals surface area contributed by atoms with E-state index in [4.69, 9.17) is 0 Å². The van der Waals surface area contributed by atoms with Crippen molar-refractivity contribution in [1.29, 1.82) is 0 Å². The Hall–Kier alpha value is -2.14. The van der Waals surface area contributed by atoms with E-state index in [0.29, 0.717) is 5.56 Å². The highest BCUT2D eigenvalue weighted by Gasteiger charge is 2.06. The van der Waals surface area contributed by atoms with Crippen LogP contribution in [0.1, 0.15) is 10.4 Å². The molecule has 0 aliphatic carbocycles. The largest absolute Gasteiger partial charge is 0.504 e. The molecule has 0 unspecified atom stereocenters. The van der Waals surface area contributed by atoms with Crippen molar-refractivity contribution in [2.24, 2.45) is 0 Å². The van der Waals surface area contributed by atoms with Gasteiger partial charge in [-0.1, -0.05) is 11.8 Å². The number of hydrogen-bond acceptors (Lipinski definition) is 5. The minimum Gasteiger partial charge on any atom is -0.504 e. The number of phenols is 2. The summed E-state index contributed by atoms with van der Waals surface area (Å²) in [5, 5.41) is 18.6. The lowest BCUT2D eigenvalue weighted by atomic mass is 10.2. The first-order valence-corrected chi connectivity index (χ1v) is 6.30. The van der Waals surface area contributed by atoms with Crippen molar-refractivity contribution in [3.05, 3.63) is 48.0 Å². The normalized spacial score (nSPS) is 10.2. The Balaban J connectivity index is 2.15. The van der Waals surface area contributed by atoms with Crippen LogP contribution in [0.2, 0.25) is 0 Å². The Kier molecular flexibility index (Phi) is 3.97. The van der Waals surface area contributed by atoms with Crippen LogP contribution in [0.15, 0.2) is 52.3 Å². The number of carbonyl (C=O) groups is 1. The number of aromatic hydroxyl groups is 2. The molecule has 5 heteroatoms. The molecule has 0 bridgehead atoms. The molecule has 0 atom stereocenters. The van der Waals surface area contributed by atoms with E-state index in [1.54, 1.807) is 30.3 Å². The summed E-state index contributed by atoms with van der Waals surface area (Å²) in [6.45, 7) is 0. The quantitative estimate of drug-likeness (QED) is 0.666. The molecule has 0 fully saturated rings. The number of esters is 1. The Morgan fingerprint density at radius 1 is 1.00 bits per heavy atom. The molecule has 2 rings (SSSR count). The molecule has 2 aromatic rings. The molecule has 0 amide bonds. The van der Waals surface area contributed by atoms with E-state index in [0.717, 1.165) is 9.79 Å². The van der Waals surface area contributed by atoms with Gasteiger partial charge in [0.15, 0.2) is 11.5 Å². The fourth-order valence-corrected chi connectivity index (χ4v) is 2.33.